The van der Waals surface area contributed by atoms with E-state index in [1.54, 1.807) is 4.90 Å². The first-order valence-corrected chi connectivity index (χ1v) is 12.7. The van der Waals surface area contributed by atoms with Crippen LogP contribution >= 0.6 is 11.6 Å². The molecule has 2 aliphatic heterocycles. The number of carbonyl (C=O) groups excluding carboxylic acids is 1. The van der Waals surface area contributed by atoms with Crippen LogP contribution in [0.25, 0.3) is 0 Å². The summed E-state index contributed by atoms with van der Waals surface area (Å²) in [5.74, 6) is -0.278. The Balaban J connectivity index is 0.000000421. The number of nitrogens with zero attached hydrogens (tertiary/aromatic N) is 3. The lowest BCUT2D eigenvalue weighted by atomic mass is 9.99. The molecular formula is C25H33ClF3N5O. The van der Waals surface area contributed by atoms with Crippen LogP contribution in [0.1, 0.15) is 65.7 Å². The molecule has 0 spiro atoms. The van der Waals surface area contributed by atoms with E-state index in [1.807, 2.05) is 26.0 Å². The number of nitrogens with one attached hydrogen (secondary N) is 2. The molecule has 2 N–H and O–H groups in total. The van der Waals surface area contributed by atoms with Gasteiger partial charge in [-0.2, -0.15) is 18.3 Å². The van der Waals surface area contributed by atoms with Crippen molar-refractivity contribution in [2.75, 3.05) is 32.7 Å². The van der Waals surface area contributed by atoms with Gasteiger partial charge in [-0.1, -0.05) is 29.3 Å². The third kappa shape index (κ3) is 6.37. The van der Waals surface area contributed by atoms with Gasteiger partial charge in [0.25, 0.3) is 0 Å². The molecule has 1 aliphatic carbocycles. The lowest BCUT2D eigenvalue weighted by molar-refractivity contribution is -0.146. The number of aryl methyl sites for hydroxylation is 2. The van der Waals surface area contributed by atoms with Gasteiger partial charge in [-0.25, -0.2) is 0 Å². The van der Waals surface area contributed by atoms with Gasteiger partial charge >= 0.3 is 6.18 Å². The minimum atomic E-state index is -4.54. The highest BCUT2D eigenvalue weighted by Crippen LogP contribution is 2.42. The van der Waals surface area contributed by atoms with Gasteiger partial charge in [-0.3, -0.25) is 9.48 Å². The van der Waals surface area contributed by atoms with E-state index >= 15 is 0 Å². The molecule has 2 saturated heterocycles. The summed E-state index contributed by atoms with van der Waals surface area (Å²) in [7, 11) is 0. The van der Waals surface area contributed by atoms with Crippen molar-refractivity contribution in [1.29, 1.82) is 0 Å². The molecule has 2 aromatic rings. The topological polar surface area (TPSA) is 62.2 Å². The number of hydrogen-bond acceptors (Lipinski definition) is 4. The van der Waals surface area contributed by atoms with Crippen LogP contribution in [0.2, 0.25) is 5.02 Å². The Labute approximate surface area is 209 Å². The lowest BCUT2D eigenvalue weighted by Gasteiger charge is -2.27. The van der Waals surface area contributed by atoms with Crippen molar-refractivity contribution in [3.05, 3.63) is 51.3 Å². The van der Waals surface area contributed by atoms with Crippen LogP contribution in [0, 0.1) is 13.8 Å². The number of alkyl halides is 3. The van der Waals surface area contributed by atoms with E-state index in [2.05, 4.69) is 15.7 Å². The van der Waals surface area contributed by atoms with E-state index in [4.69, 9.17) is 11.6 Å². The van der Waals surface area contributed by atoms with Crippen LogP contribution in [0.4, 0.5) is 13.2 Å². The van der Waals surface area contributed by atoms with E-state index in [9.17, 15) is 18.0 Å². The summed E-state index contributed by atoms with van der Waals surface area (Å²) in [6, 6.07) is 4.81. The summed E-state index contributed by atoms with van der Waals surface area (Å²) in [5, 5.41) is 11.2. The highest BCUT2D eigenvalue weighted by atomic mass is 35.5. The van der Waals surface area contributed by atoms with E-state index < -0.39 is 18.4 Å². The number of benzene rings is 1. The zero-order valence-corrected chi connectivity index (χ0v) is 21.0. The van der Waals surface area contributed by atoms with Gasteiger partial charge in [-0.15, -0.1) is 0 Å². The molecule has 5 rings (SSSR count). The Hall–Kier alpha value is -2.10. The van der Waals surface area contributed by atoms with Crippen molar-refractivity contribution in [3.8, 4) is 0 Å². The standard InChI is InChI=1S/C21H23ClF3N3O.C4H10N2/c1-12-8-13(2)20(22)15(9-12)17-4-3-7-27(17)19(29)11-28-18(21(23,24)25)10-16(26-28)14-5-6-14;1-2-6-4-3-5-1/h8-10,14,17H,3-7,11H2,1-2H3;5-6H,1-4H2/t17-;/m1./s1. The monoisotopic (exact) mass is 511 g/mol. The second-order valence-electron chi connectivity index (χ2n) is 9.61. The Morgan fingerprint density at radius 2 is 1.74 bits per heavy atom. The second-order valence-corrected chi connectivity index (χ2v) is 9.99. The summed E-state index contributed by atoms with van der Waals surface area (Å²) in [4.78, 5) is 14.7. The zero-order chi connectivity index (χ0) is 25.2. The molecule has 0 bridgehead atoms. The first kappa shape index (κ1) is 26.0. The molecule has 192 valence electrons. The average Bonchev–Trinajstić information content (AvgIpc) is 3.38. The highest BCUT2D eigenvalue weighted by molar-refractivity contribution is 6.32. The molecule has 1 atom stereocenters. The second kappa shape index (κ2) is 10.9. The normalized spacial score (nSPS) is 20.5. The van der Waals surface area contributed by atoms with Gasteiger partial charge in [0.1, 0.15) is 12.2 Å². The molecule has 1 saturated carbocycles. The van der Waals surface area contributed by atoms with Crippen molar-refractivity contribution in [1.82, 2.24) is 25.3 Å². The van der Waals surface area contributed by atoms with Crippen LogP contribution in [0.15, 0.2) is 18.2 Å². The van der Waals surface area contributed by atoms with Gasteiger partial charge in [0.15, 0.2) is 0 Å². The molecule has 35 heavy (non-hydrogen) atoms. The summed E-state index contributed by atoms with van der Waals surface area (Å²) in [6.45, 7) is 8.52. The minimum Gasteiger partial charge on any atom is -0.334 e. The quantitative estimate of drug-likeness (QED) is 0.630. The van der Waals surface area contributed by atoms with Gasteiger partial charge in [0, 0.05) is 43.7 Å². The fourth-order valence-corrected chi connectivity index (χ4v) is 5.04. The third-order valence-electron chi connectivity index (χ3n) is 6.69. The van der Waals surface area contributed by atoms with E-state index in [-0.39, 0.29) is 17.9 Å². The number of halogens is 4. The highest BCUT2D eigenvalue weighted by Gasteiger charge is 2.40. The number of carbonyl (C=O) groups is 1. The van der Waals surface area contributed by atoms with Crippen LogP contribution in [0.5, 0.6) is 0 Å². The zero-order valence-electron chi connectivity index (χ0n) is 20.2. The Kier molecular flexibility index (Phi) is 8.08. The summed E-state index contributed by atoms with van der Waals surface area (Å²) in [6.07, 6.45) is -1.31. The molecule has 6 nitrogen and oxygen atoms in total. The molecule has 3 aliphatic rings. The van der Waals surface area contributed by atoms with Crippen molar-refractivity contribution < 1.29 is 18.0 Å². The fraction of sp³-hybridized carbons (Fsp3) is 0.600. The molecule has 0 unspecified atom stereocenters. The largest absolute Gasteiger partial charge is 0.433 e. The van der Waals surface area contributed by atoms with Crippen LogP contribution in [0.3, 0.4) is 0 Å². The van der Waals surface area contributed by atoms with Crippen molar-refractivity contribution in [3.63, 3.8) is 0 Å². The Morgan fingerprint density at radius 1 is 1.09 bits per heavy atom. The van der Waals surface area contributed by atoms with E-state index in [1.165, 1.54) is 0 Å². The summed E-state index contributed by atoms with van der Waals surface area (Å²) in [5.41, 5.74) is 2.42. The first-order chi connectivity index (χ1) is 16.6. The molecule has 0 radical (unpaired) electrons. The lowest BCUT2D eigenvalue weighted by Crippen LogP contribution is -2.39. The number of rotatable bonds is 4. The number of hydrogen-bond donors (Lipinski definition) is 2. The third-order valence-corrected chi connectivity index (χ3v) is 7.20. The minimum absolute atomic E-state index is 0.0843. The first-order valence-electron chi connectivity index (χ1n) is 12.3. The molecule has 3 fully saturated rings. The summed E-state index contributed by atoms with van der Waals surface area (Å²) < 4.78 is 41.2. The number of piperazine rings is 1. The van der Waals surface area contributed by atoms with Gasteiger partial charge in [0.2, 0.25) is 5.91 Å². The average molecular weight is 512 g/mol. The number of likely N-dealkylation sites (tertiary alicyclic amines) is 1. The van der Waals surface area contributed by atoms with Crippen LogP contribution in [-0.2, 0) is 17.5 Å². The predicted molar refractivity (Wildman–Crippen MR) is 130 cm³/mol. The smallest absolute Gasteiger partial charge is 0.334 e. The van der Waals surface area contributed by atoms with Crippen molar-refractivity contribution in [2.24, 2.45) is 0 Å². The van der Waals surface area contributed by atoms with Gasteiger partial charge < -0.3 is 15.5 Å². The van der Waals surface area contributed by atoms with E-state index in [0.717, 1.165) is 79.3 Å². The Bertz CT molecular complexity index is 1030. The van der Waals surface area contributed by atoms with Gasteiger partial charge in [-0.05, 0) is 56.7 Å². The molecule has 3 heterocycles. The maximum atomic E-state index is 13.5. The maximum absolute atomic E-state index is 13.5. The Morgan fingerprint density at radius 3 is 2.31 bits per heavy atom. The molecule has 1 amide bonds. The number of aromatic nitrogens is 2. The maximum Gasteiger partial charge on any atom is 0.433 e. The van der Waals surface area contributed by atoms with Crippen molar-refractivity contribution in [2.45, 2.75) is 64.2 Å². The van der Waals surface area contributed by atoms with E-state index in [0.29, 0.717) is 17.3 Å². The fourth-order valence-electron chi connectivity index (χ4n) is 4.80. The molecular weight excluding hydrogens is 479 g/mol. The van der Waals surface area contributed by atoms with Crippen molar-refractivity contribution >= 4 is 17.5 Å². The SMILES string of the molecule is C1CNCCN1.Cc1cc(C)c(Cl)c([C@H]2CCCN2C(=O)Cn2nc(C3CC3)cc2C(F)(F)F)c1. The number of amides is 1. The molecule has 1 aromatic carbocycles. The summed E-state index contributed by atoms with van der Waals surface area (Å²) >= 11 is 6.50. The van der Waals surface area contributed by atoms with Crippen LogP contribution in [-0.4, -0.2) is 53.3 Å². The van der Waals surface area contributed by atoms with Gasteiger partial charge in [0.05, 0.1) is 11.7 Å². The predicted octanol–water partition coefficient (Wildman–Crippen LogP) is 4.59. The molecule has 10 heteroatoms. The van der Waals surface area contributed by atoms with Crippen LogP contribution < -0.4 is 10.6 Å². The molecule has 1 aromatic heterocycles.